The van der Waals surface area contributed by atoms with Gasteiger partial charge in [0, 0.05) is 11.4 Å². The second-order valence-electron chi connectivity index (χ2n) is 4.25. The third-order valence-electron chi connectivity index (χ3n) is 3.06. The Morgan fingerprint density at radius 3 is 2.95 bits per heavy atom. The quantitative estimate of drug-likeness (QED) is 0.794. The van der Waals surface area contributed by atoms with Gasteiger partial charge in [0.2, 0.25) is 0 Å². The second kappa shape index (κ2) is 4.85. The molecule has 1 aromatic carbocycles. The van der Waals surface area contributed by atoms with Crippen LogP contribution in [0.1, 0.15) is 15.2 Å². The third kappa shape index (κ3) is 2.24. The Morgan fingerprint density at radius 2 is 2.21 bits per heavy atom. The number of aromatic nitrogens is 2. The maximum Gasteiger partial charge on any atom is 0.337 e. The zero-order valence-corrected chi connectivity index (χ0v) is 10.9. The summed E-state index contributed by atoms with van der Waals surface area (Å²) in [5.74, 6) is -0.936. The van der Waals surface area contributed by atoms with Crippen LogP contribution >= 0.6 is 11.3 Å². The number of carboxylic acid groups (broad SMARTS) is 1. The molecule has 19 heavy (non-hydrogen) atoms. The van der Waals surface area contributed by atoms with Crippen molar-refractivity contribution in [1.82, 2.24) is 9.55 Å². The van der Waals surface area contributed by atoms with Gasteiger partial charge in [0.25, 0.3) is 0 Å². The lowest BCUT2D eigenvalue weighted by Gasteiger charge is -2.03. The number of carbonyl (C=O) groups is 1. The molecule has 0 amide bonds. The van der Waals surface area contributed by atoms with E-state index in [9.17, 15) is 4.79 Å². The number of rotatable bonds is 4. The monoisotopic (exact) mass is 272 g/mol. The number of fused-ring (bicyclic) bond motifs is 1. The van der Waals surface area contributed by atoms with Crippen LogP contribution < -0.4 is 0 Å². The first-order chi connectivity index (χ1) is 9.25. The average Bonchev–Trinajstić information content (AvgIpc) is 3.05. The summed E-state index contributed by atoms with van der Waals surface area (Å²) in [5.41, 5.74) is 1.69. The summed E-state index contributed by atoms with van der Waals surface area (Å²) < 4.78 is 2.00. The van der Waals surface area contributed by atoms with E-state index in [0.29, 0.717) is 5.52 Å². The van der Waals surface area contributed by atoms with E-state index in [1.54, 1.807) is 29.8 Å². The van der Waals surface area contributed by atoms with Crippen molar-refractivity contribution in [1.29, 1.82) is 0 Å². The lowest BCUT2D eigenvalue weighted by molar-refractivity contribution is 0.0699. The molecule has 0 spiro atoms. The summed E-state index contributed by atoms with van der Waals surface area (Å²) in [4.78, 5) is 16.7. The predicted octanol–water partition coefficient (Wildman–Crippen LogP) is 3.04. The lowest BCUT2D eigenvalue weighted by Crippen LogP contribution is -2.00. The molecule has 3 rings (SSSR count). The van der Waals surface area contributed by atoms with Crippen molar-refractivity contribution in [2.24, 2.45) is 0 Å². The molecule has 0 saturated heterocycles. The first-order valence-electron chi connectivity index (χ1n) is 5.95. The molecule has 0 fully saturated rings. The van der Waals surface area contributed by atoms with E-state index < -0.39 is 5.97 Å². The summed E-state index contributed by atoms with van der Waals surface area (Å²) in [6.45, 7) is 0.806. The normalized spacial score (nSPS) is 10.9. The third-order valence-corrected chi connectivity index (χ3v) is 4.00. The summed E-state index contributed by atoms with van der Waals surface area (Å²) >= 11 is 1.73. The van der Waals surface area contributed by atoms with Crippen molar-refractivity contribution in [3.05, 3.63) is 52.5 Å². The van der Waals surface area contributed by atoms with Gasteiger partial charge in [0.1, 0.15) is 5.52 Å². The molecule has 0 atom stereocenters. The van der Waals surface area contributed by atoms with Gasteiger partial charge in [-0.1, -0.05) is 12.1 Å². The van der Waals surface area contributed by atoms with Gasteiger partial charge in [-0.05, 0) is 30.0 Å². The van der Waals surface area contributed by atoms with Crippen molar-refractivity contribution in [2.75, 3.05) is 0 Å². The maximum absolute atomic E-state index is 11.1. The number of para-hydroxylation sites is 1. The highest BCUT2D eigenvalue weighted by atomic mass is 32.1. The fraction of sp³-hybridized carbons (Fsp3) is 0.143. The Bertz CT molecular complexity index is 716. The molecule has 3 aromatic rings. The van der Waals surface area contributed by atoms with Gasteiger partial charge >= 0.3 is 5.97 Å². The van der Waals surface area contributed by atoms with E-state index in [4.69, 9.17) is 5.11 Å². The van der Waals surface area contributed by atoms with Crippen LogP contribution in [0.15, 0.2) is 42.0 Å². The summed E-state index contributed by atoms with van der Waals surface area (Å²) in [7, 11) is 0. The van der Waals surface area contributed by atoms with Crippen LogP contribution in [0.4, 0.5) is 0 Å². The Kier molecular flexibility index (Phi) is 3.05. The largest absolute Gasteiger partial charge is 0.478 e. The molecule has 2 aromatic heterocycles. The summed E-state index contributed by atoms with van der Waals surface area (Å²) in [5, 5.41) is 11.2. The van der Waals surface area contributed by atoms with Crippen molar-refractivity contribution in [3.63, 3.8) is 0 Å². The van der Waals surface area contributed by atoms with Crippen LogP contribution in [0, 0.1) is 0 Å². The minimum atomic E-state index is -0.936. The standard InChI is InChI=1S/C14H12N2O2S/c17-14(18)11-4-1-5-12-13(11)15-9-16(12)7-6-10-3-2-8-19-10/h1-5,8-9H,6-7H2,(H,17,18). The molecule has 96 valence electrons. The van der Waals surface area contributed by atoms with E-state index in [1.165, 1.54) is 4.88 Å². The topological polar surface area (TPSA) is 55.1 Å². The van der Waals surface area contributed by atoms with Crippen LogP contribution in [-0.2, 0) is 13.0 Å². The SMILES string of the molecule is O=C(O)c1cccc2c1ncn2CCc1cccs1. The molecular weight excluding hydrogens is 260 g/mol. The maximum atomic E-state index is 11.1. The summed E-state index contributed by atoms with van der Waals surface area (Å²) in [6, 6.07) is 9.39. The zero-order valence-electron chi connectivity index (χ0n) is 10.1. The molecule has 2 heterocycles. The van der Waals surface area contributed by atoms with E-state index in [-0.39, 0.29) is 5.56 Å². The van der Waals surface area contributed by atoms with Gasteiger partial charge in [-0.2, -0.15) is 0 Å². The Labute approximate surface area is 113 Å². The fourth-order valence-electron chi connectivity index (χ4n) is 2.12. The van der Waals surface area contributed by atoms with Crippen LogP contribution in [0.3, 0.4) is 0 Å². The minimum Gasteiger partial charge on any atom is -0.478 e. The number of imidazole rings is 1. The number of hydrogen-bond donors (Lipinski definition) is 1. The smallest absolute Gasteiger partial charge is 0.337 e. The Morgan fingerprint density at radius 1 is 1.32 bits per heavy atom. The average molecular weight is 272 g/mol. The number of thiophene rings is 1. The highest BCUT2D eigenvalue weighted by Crippen LogP contribution is 2.18. The highest BCUT2D eigenvalue weighted by Gasteiger charge is 2.12. The van der Waals surface area contributed by atoms with E-state index in [2.05, 4.69) is 16.4 Å². The predicted molar refractivity (Wildman–Crippen MR) is 74.7 cm³/mol. The number of carboxylic acids is 1. The number of aromatic carboxylic acids is 1. The van der Waals surface area contributed by atoms with Crippen LogP contribution in [-0.4, -0.2) is 20.6 Å². The van der Waals surface area contributed by atoms with Gasteiger partial charge in [0.15, 0.2) is 0 Å². The number of nitrogens with zero attached hydrogens (tertiary/aromatic N) is 2. The van der Waals surface area contributed by atoms with Crippen molar-refractivity contribution < 1.29 is 9.90 Å². The molecule has 0 bridgehead atoms. The first kappa shape index (κ1) is 11.9. The van der Waals surface area contributed by atoms with Crippen LogP contribution in [0.5, 0.6) is 0 Å². The van der Waals surface area contributed by atoms with Crippen molar-refractivity contribution in [2.45, 2.75) is 13.0 Å². The second-order valence-corrected chi connectivity index (χ2v) is 5.28. The van der Waals surface area contributed by atoms with Crippen LogP contribution in [0.25, 0.3) is 11.0 Å². The Hall–Kier alpha value is -2.14. The van der Waals surface area contributed by atoms with E-state index >= 15 is 0 Å². The highest BCUT2D eigenvalue weighted by molar-refractivity contribution is 7.09. The van der Waals surface area contributed by atoms with Crippen molar-refractivity contribution >= 4 is 28.3 Å². The molecule has 5 heteroatoms. The molecule has 0 unspecified atom stereocenters. The lowest BCUT2D eigenvalue weighted by atomic mass is 10.2. The molecule has 1 N–H and O–H groups in total. The molecule has 0 aliphatic heterocycles. The number of benzene rings is 1. The molecule has 0 aliphatic carbocycles. The van der Waals surface area contributed by atoms with Gasteiger partial charge in [-0.15, -0.1) is 11.3 Å². The minimum absolute atomic E-state index is 0.257. The van der Waals surface area contributed by atoms with Gasteiger partial charge in [-0.25, -0.2) is 9.78 Å². The molecule has 4 nitrogen and oxygen atoms in total. The molecule has 0 radical (unpaired) electrons. The molecule has 0 aliphatic rings. The number of aryl methyl sites for hydroxylation is 2. The van der Waals surface area contributed by atoms with E-state index in [0.717, 1.165) is 18.5 Å². The van der Waals surface area contributed by atoms with E-state index in [1.807, 2.05) is 16.7 Å². The van der Waals surface area contributed by atoms with Gasteiger partial charge < -0.3 is 9.67 Å². The summed E-state index contributed by atoms with van der Waals surface area (Å²) in [6.07, 6.45) is 2.64. The number of hydrogen-bond acceptors (Lipinski definition) is 3. The Balaban J connectivity index is 1.92. The first-order valence-corrected chi connectivity index (χ1v) is 6.83. The molecular formula is C14H12N2O2S. The van der Waals surface area contributed by atoms with Gasteiger partial charge in [0.05, 0.1) is 17.4 Å². The van der Waals surface area contributed by atoms with Crippen LogP contribution in [0.2, 0.25) is 0 Å². The fourth-order valence-corrected chi connectivity index (χ4v) is 2.82. The van der Waals surface area contributed by atoms with Gasteiger partial charge in [-0.3, -0.25) is 0 Å². The molecule has 0 saturated carbocycles. The van der Waals surface area contributed by atoms with Crippen molar-refractivity contribution in [3.8, 4) is 0 Å². The zero-order chi connectivity index (χ0) is 13.2.